The maximum atomic E-state index is 13.1. The van der Waals surface area contributed by atoms with Crippen LogP contribution < -0.4 is 0 Å². The number of carbonyl (C=O) groups is 4. The van der Waals surface area contributed by atoms with Gasteiger partial charge in [0.25, 0.3) is 0 Å². The molecule has 5 atom stereocenters. The molecule has 0 heterocycles. The summed E-state index contributed by atoms with van der Waals surface area (Å²) in [5.74, 6) is -2.26. The molecule has 0 aromatic carbocycles. The van der Waals surface area contributed by atoms with Gasteiger partial charge in [0.15, 0.2) is 12.2 Å². The highest BCUT2D eigenvalue weighted by molar-refractivity contribution is 7.47. The van der Waals surface area contributed by atoms with E-state index in [0.29, 0.717) is 32.1 Å². The molecule has 604 valence electrons. The van der Waals surface area contributed by atoms with Crippen LogP contribution in [0.15, 0.2) is 85.1 Å². The van der Waals surface area contributed by atoms with Crippen LogP contribution in [0.2, 0.25) is 0 Å². The zero-order valence-corrected chi connectivity index (χ0v) is 68.0. The van der Waals surface area contributed by atoms with Crippen LogP contribution in [0.3, 0.4) is 0 Å². The highest BCUT2D eigenvalue weighted by Crippen LogP contribution is 2.45. The Labute approximate surface area is 634 Å². The van der Waals surface area contributed by atoms with E-state index < -0.39 is 97.5 Å². The smallest absolute Gasteiger partial charge is 0.462 e. The summed E-state index contributed by atoms with van der Waals surface area (Å²) in [6.45, 7) is 4.81. The molecule has 17 nitrogen and oxygen atoms in total. The van der Waals surface area contributed by atoms with E-state index in [1.165, 1.54) is 161 Å². The van der Waals surface area contributed by atoms with E-state index in [1.54, 1.807) is 0 Å². The Hall–Kier alpha value is -3.76. The molecule has 0 saturated heterocycles. The number of phosphoric acid groups is 2. The average molecular weight is 1510 g/mol. The predicted molar refractivity (Wildman–Crippen MR) is 427 cm³/mol. The lowest BCUT2D eigenvalue weighted by Crippen LogP contribution is -2.30. The van der Waals surface area contributed by atoms with Crippen molar-refractivity contribution in [1.82, 2.24) is 0 Å². The quantitative estimate of drug-likeness (QED) is 0.0169. The number of hydrogen-bond donors (Lipinski definition) is 3. The molecule has 19 heteroatoms. The van der Waals surface area contributed by atoms with Gasteiger partial charge in [0.2, 0.25) is 0 Å². The van der Waals surface area contributed by atoms with Crippen LogP contribution in [0.4, 0.5) is 0 Å². The van der Waals surface area contributed by atoms with Crippen LogP contribution in [-0.2, 0) is 65.4 Å². The van der Waals surface area contributed by atoms with Gasteiger partial charge in [0, 0.05) is 25.7 Å². The van der Waals surface area contributed by atoms with Crippen molar-refractivity contribution in [2.75, 3.05) is 39.6 Å². The molecule has 2 unspecified atom stereocenters. The minimum atomic E-state index is -4.99. The molecule has 3 N–H and O–H groups in total. The fourth-order valence-electron chi connectivity index (χ4n) is 11.4. The Bertz CT molecular complexity index is 2300. The molecule has 0 aromatic rings. The van der Waals surface area contributed by atoms with Crippen LogP contribution in [0, 0.1) is 0 Å². The van der Waals surface area contributed by atoms with Crippen LogP contribution in [0.1, 0.15) is 374 Å². The number of aliphatic hydroxyl groups is 1. The second-order valence-electron chi connectivity index (χ2n) is 28.1. The molecular formula is C85H152O17P2. The maximum Gasteiger partial charge on any atom is 0.472 e. The number of phosphoric ester groups is 2. The SMILES string of the molecule is CCCCC/C=C\C/C=C\C/C=C\C/C=C\C/C=C\CCC(=O)OC[C@H](COP(=O)(O)OC[C@@H](O)COP(=O)(O)OC[C@@H](COC(=O)CCCCCCC/C=C\CCCCCCCC)OC(=O)CCCCCCCCCCCCCCCCC)OC(=O)CCCCCCC/C=C\CCCCCCCC. The second-order valence-corrected chi connectivity index (χ2v) is 31.0. The Morgan fingerprint density at radius 2 is 0.490 bits per heavy atom. The van der Waals surface area contributed by atoms with E-state index in [9.17, 15) is 43.2 Å². The number of aliphatic hydroxyl groups excluding tert-OH is 1. The lowest BCUT2D eigenvalue weighted by molar-refractivity contribution is -0.161. The monoisotopic (exact) mass is 1510 g/mol. The highest BCUT2D eigenvalue weighted by Gasteiger charge is 2.30. The van der Waals surface area contributed by atoms with Gasteiger partial charge in [0.05, 0.1) is 26.4 Å². The van der Waals surface area contributed by atoms with Crippen molar-refractivity contribution in [3.8, 4) is 0 Å². The van der Waals surface area contributed by atoms with Crippen LogP contribution >= 0.6 is 15.6 Å². The summed E-state index contributed by atoms with van der Waals surface area (Å²) in [6.07, 6.45) is 81.3. The highest BCUT2D eigenvalue weighted by atomic mass is 31.2. The van der Waals surface area contributed by atoms with Gasteiger partial charge >= 0.3 is 39.5 Å². The van der Waals surface area contributed by atoms with Gasteiger partial charge in [-0.15, -0.1) is 0 Å². The number of hydrogen-bond acceptors (Lipinski definition) is 15. The van der Waals surface area contributed by atoms with E-state index in [4.69, 9.17) is 37.0 Å². The number of carbonyl (C=O) groups excluding carboxylic acids is 4. The predicted octanol–water partition coefficient (Wildman–Crippen LogP) is 24.6. The van der Waals surface area contributed by atoms with Crippen molar-refractivity contribution in [1.29, 1.82) is 0 Å². The van der Waals surface area contributed by atoms with Crippen molar-refractivity contribution in [2.24, 2.45) is 0 Å². The topological polar surface area (TPSA) is 237 Å². The first-order valence-electron chi connectivity index (χ1n) is 41.8. The minimum Gasteiger partial charge on any atom is -0.462 e. The Morgan fingerprint density at radius 3 is 0.808 bits per heavy atom. The summed E-state index contributed by atoms with van der Waals surface area (Å²) >= 11 is 0. The molecular weight excluding hydrogens is 1350 g/mol. The number of rotatable bonds is 79. The summed E-state index contributed by atoms with van der Waals surface area (Å²) in [5.41, 5.74) is 0. The standard InChI is InChI=1S/C85H152O17P2/c1-5-9-13-17-21-25-29-33-37-38-39-40-44-46-50-54-58-62-66-70-83(88)96-76-81(102-85(90)72-68-64-60-56-52-48-43-36-32-28-24-20-16-12-8-4)78-100-104(93,94)98-74-79(86)73-97-103(91,92)99-77-80(101-84(89)71-67-63-59-55-51-47-42-35-31-27-23-19-15-11-7-3)75-95-82(87)69-65-61-57-53-49-45-41-34-30-26-22-18-14-10-6-2/h21,25,33-34,36-37,39-41,43,46,50,58,62,79-81,86H,5-20,22-24,26-32,35,38,42,44-45,47-49,51-57,59-61,63-78H2,1-4H3,(H,91,92)(H,93,94)/b25-21-,37-33-,40-39-,41-34-,43-36-,50-46-,62-58-/t79-,80+,81+/m0/s1. The first kappa shape index (κ1) is 100. The molecule has 0 saturated carbocycles. The molecule has 0 rings (SSSR count). The second kappa shape index (κ2) is 77.4. The average Bonchev–Trinajstić information content (AvgIpc) is 0.918. The molecule has 104 heavy (non-hydrogen) atoms. The molecule has 0 amide bonds. The summed E-state index contributed by atoms with van der Waals surface area (Å²) in [4.78, 5) is 73.1. The zero-order valence-electron chi connectivity index (χ0n) is 66.2. The van der Waals surface area contributed by atoms with Crippen molar-refractivity contribution < 1.29 is 80.2 Å². The Kier molecular flexibility index (Phi) is 74.6. The number of esters is 4. The summed E-state index contributed by atoms with van der Waals surface area (Å²) in [7, 11) is -9.97. The molecule has 0 radical (unpaired) electrons. The fourth-order valence-corrected chi connectivity index (χ4v) is 13.0. The summed E-state index contributed by atoms with van der Waals surface area (Å²) in [6, 6.07) is 0. The Morgan fingerprint density at radius 1 is 0.269 bits per heavy atom. The van der Waals surface area contributed by atoms with E-state index in [-0.39, 0.29) is 25.7 Å². The first-order valence-corrected chi connectivity index (χ1v) is 44.8. The van der Waals surface area contributed by atoms with Crippen LogP contribution in [0.25, 0.3) is 0 Å². The molecule has 0 aliphatic rings. The molecule has 0 aliphatic carbocycles. The maximum absolute atomic E-state index is 13.1. The third kappa shape index (κ3) is 76.4. The van der Waals surface area contributed by atoms with Crippen molar-refractivity contribution in [2.45, 2.75) is 393 Å². The normalized spacial score (nSPS) is 14.3. The first-order chi connectivity index (χ1) is 50.7. The van der Waals surface area contributed by atoms with Crippen molar-refractivity contribution >= 4 is 39.5 Å². The van der Waals surface area contributed by atoms with E-state index in [1.807, 2.05) is 12.2 Å². The summed E-state index contributed by atoms with van der Waals surface area (Å²) in [5, 5.41) is 10.7. The largest absolute Gasteiger partial charge is 0.472 e. The van der Waals surface area contributed by atoms with Crippen molar-refractivity contribution in [3.63, 3.8) is 0 Å². The van der Waals surface area contributed by atoms with Crippen molar-refractivity contribution in [3.05, 3.63) is 85.1 Å². The fraction of sp³-hybridized carbons (Fsp3) is 0.788. The van der Waals surface area contributed by atoms with E-state index >= 15 is 0 Å². The van der Waals surface area contributed by atoms with Gasteiger partial charge in [-0.1, -0.05) is 318 Å². The van der Waals surface area contributed by atoms with Crippen LogP contribution in [0.5, 0.6) is 0 Å². The lowest BCUT2D eigenvalue weighted by atomic mass is 10.0. The lowest BCUT2D eigenvalue weighted by Gasteiger charge is -2.21. The molecule has 0 fully saturated rings. The number of allylic oxidation sites excluding steroid dienone is 14. The molecule has 0 aliphatic heterocycles. The van der Waals surface area contributed by atoms with E-state index in [0.717, 1.165) is 128 Å². The molecule has 0 spiro atoms. The zero-order chi connectivity index (χ0) is 76.0. The minimum absolute atomic E-state index is 0.0381. The number of ether oxygens (including phenoxy) is 4. The third-order valence-electron chi connectivity index (χ3n) is 17.8. The Balaban J connectivity index is 5.41. The van der Waals surface area contributed by atoms with Gasteiger partial charge in [-0.25, -0.2) is 9.13 Å². The molecule has 0 bridgehead atoms. The summed E-state index contributed by atoms with van der Waals surface area (Å²) < 4.78 is 68.6. The number of unbranched alkanes of at least 4 members (excludes halogenated alkanes) is 39. The van der Waals surface area contributed by atoms with Gasteiger partial charge in [0.1, 0.15) is 19.3 Å². The third-order valence-corrected chi connectivity index (χ3v) is 19.7. The van der Waals surface area contributed by atoms with Gasteiger partial charge in [-0.3, -0.25) is 37.3 Å². The van der Waals surface area contributed by atoms with Gasteiger partial charge in [-0.05, 0) is 116 Å². The van der Waals surface area contributed by atoms with Gasteiger partial charge < -0.3 is 33.8 Å². The molecule has 0 aromatic heterocycles. The van der Waals surface area contributed by atoms with Crippen LogP contribution in [-0.4, -0.2) is 96.7 Å². The van der Waals surface area contributed by atoms with E-state index in [2.05, 4.69) is 101 Å². The van der Waals surface area contributed by atoms with Gasteiger partial charge in [-0.2, -0.15) is 0 Å².